The molecule has 0 saturated carbocycles. The fraction of sp³-hybridized carbons (Fsp3) is 0.600. The Morgan fingerprint density at radius 3 is 3.20 bits per heavy atom. The highest BCUT2D eigenvalue weighted by Gasteiger charge is 2.21. The van der Waals surface area contributed by atoms with E-state index in [2.05, 4.69) is 24.1 Å². The van der Waals surface area contributed by atoms with E-state index >= 15 is 0 Å². The van der Waals surface area contributed by atoms with Gasteiger partial charge in [-0.25, -0.2) is 4.98 Å². The summed E-state index contributed by atoms with van der Waals surface area (Å²) in [5, 5.41) is 2.95. The second-order valence-corrected chi connectivity index (χ2v) is 6.33. The zero-order valence-electron chi connectivity index (χ0n) is 12.1. The first-order chi connectivity index (χ1) is 9.70. The summed E-state index contributed by atoms with van der Waals surface area (Å²) >= 11 is 1.88. The van der Waals surface area contributed by atoms with Gasteiger partial charge < -0.3 is 10.1 Å². The molecule has 20 heavy (non-hydrogen) atoms. The number of nitrogens with one attached hydrogen (secondary N) is 1. The molecule has 0 bridgehead atoms. The summed E-state index contributed by atoms with van der Waals surface area (Å²) in [5.41, 5.74) is 0.535. The lowest BCUT2D eigenvalue weighted by molar-refractivity contribution is 0.0940. The third-order valence-electron chi connectivity index (χ3n) is 3.49. The summed E-state index contributed by atoms with van der Waals surface area (Å²) in [6, 6.07) is 3.55. The smallest absolute Gasteiger partial charge is 0.256 e. The molecule has 1 fully saturated rings. The summed E-state index contributed by atoms with van der Waals surface area (Å²) in [5.74, 6) is 2.93. The van der Waals surface area contributed by atoms with Crippen LogP contribution in [0.5, 0.6) is 5.88 Å². The van der Waals surface area contributed by atoms with Crippen LogP contribution in [0.15, 0.2) is 18.3 Å². The molecule has 0 spiro atoms. The number of hydrogen-bond acceptors (Lipinski definition) is 4. The van der Waals surface area contributed by atoms with Crippen LogP contribution in [0.4, 0.5) is 0 Å². The Hall–Kier alpha value is -1.23. The summed E-state index contributed by atoms with van der Waals surface area (Å²) in [7, 11) is 0. The van der Waals surface area contributed by atoms with Crippen molar-refractivity contribution in [2.24, 2.45) is 5.92 Å². The highest BCUT2D eigenvalue weighted by Crippen LogP contribution is 2.24. The van der Waals surface area contributed by atoms with Gasteiger partial charge in [0.15, 0.2) is 0 Å². The van der Waals surface area contributed by atoms with Crippen LogP contribution in [-0.4, -0.2) is 35.0 Å². The molecular formula is C15H22N2O2S. The minimum atomic E-state index is -0.0981. The van der Waals surface area contributed by atoms with Gasteiger partial charge in [-0.15, -0.1) is 0 Å². The number of rotatable bonds is 6. The van der Waals surface area contributed by atoms with Gasteiger partial charge in [0, 0.05) is 18.5 Å². The quantitative estimate of drug-likeness (QED) is 0.876. The number of ether oxygens (including phenoxy) is 1. The van der Waals surface area contributed by atoms with Crippen molar-refractivity contribution in [2.75, 3.05) is 18.1 Å². The van der Waals surface area contributed by atoms with Gasteiger partial charge >= 0.3 is 0 Å². The molecule has 2 unspecified atom stereocenters. The van der Waals surface area contributed by atoms with Crippen LogP contribution in [0.25, 0.3) is 0 Å². The Morgan fingerprint density at radius 2 is 2.50 bits per heavy atom. The lowest BCUT2D eigenvalue weighted by atomic mass is 10.1. The van der Waals surface area contributed by atoms with Crippen molar-refractivity contribution in [1.82, 2.24) is 10.3 Å². The fourth-order valence-corrected chi connectivity index (χ4v) is 3.02. The van der Waals surface area contributed by atoms with E-state index in [-0.39, 0.29) is 12.0 Å². The maximum Gasteiger partial charge on any atom is 0.256 e. The average molecular weight is 294 g/mol. The van der Waals surface area contributed by atoms with Crippen LogP contribution in [0.2, 0.25) is 0 Å². The molecule has 4 nitrogen and oxygen atoms in total. The van der Waals surface area contributed by atoms with Gasteiger partial charge in [-0.1, -0.05) is 20.3 Å². The molecule has 1 amide bonds. The molecule has 0 radical (unpaired) electrons. The normalized spacial score (nSPS) is 19.6. The van der Waals surface area contributed by atoms with Crippen molar-refractivity contribution in [1.29, 1.82) is 0 Å². The van der Waals surface area contributed by atoms with E-state index in [1.54, 1.807) is 18.3 Å². The number of carbonyl (C=O) groups is 1. The van der Waals surface area contributed by atoms with Crippen LogP contribution < -0.4 is 10.1 Å². The van der Waals surface area contributed by atoms with E-state index in [0.29, 0.717) is 23.9 Å². The molecule has 2 atom stereocenters. The molecule has 0 aromatic carbocycles. The predicted molar refractivity (Wildman–Crippen MR) is 82.4 cm³/mol. The lowest BCUT2D eigenvalue weighted by Gasteiger charge is -2.15. The van der Waals surface area contributed by atoms with Crippen molar-refractivity contribution >= 4 is 17.7 Å². The molecule has 1 aliphatic heterocycles. The molecule has 5 heteroatoms. The molecule has 0 aliphatic carbocycles. The number of aromatic nitrogens is 1. The van der Waals surface area contributed by atoms with E-state index < -0.39 is 0 Å². The monoisotopic (exact) mass is 294 g/mol. The van der Waals surface area contributed by atoms with Crippen LogP contribution >= 0.6 is 11.8 Å². The molecule has 1 aliphatic rings. The highest BCUT2D eigenvalue weighted by molar-refractivity contribution is 7.99. The molecular weight excluding hydrogens is 272 g/mol. The van der Waals surface area contributed by atoms with Gasteiger partial charge in [-0.05, 0) is 30.2 Å². The zero-order valence-corrected chi connectivity index (χ0v) is 12.9. The van der Waals surface area contributed by atoms with Crippen molar-refractivity contribution in [2.45, 2.75) is 32.8 Å². The first-order valence-electron chi connectivity index (χ1n) is 7.18. The van der Waals surface area contributed by atoms with E-state index in [9.17, 15) is 4.79 Å². The van der Waals surface area contributed by atoms with Gasteiger partial charge in [0.25, 0.3) is 5.91 Å². The number of pyridine rings is 1. The molecule has 2 heterocycles. The Labute approximate surface area is 124 Å². The third kappa shape index (κ3) is 4.13. The first-order valence-corrected chi connectivity index (χ1v) is 8.33. The zero-order chi connectivity index (χ0) is 14.4. The number of thioether (sulfide) groups is 1. The van der Waals surface area contributed by atoms with E-state index in [4.69, 9.17) is 4.74 Å². The maximum absolute atomic E-state index is 12.2. The van der Waals surface area contributed by atoms with E-state index in [0.717, 1.165) is 24.3 Å². The van der Waals surface area contributed by atoms with Crippen LogP contribution in [-0.2, 0) is 0 Å². The number of carbonyl (C=O) groups excluding carboxylic acids is 1. The summed E-state index contributed by atoms with van der Waals surface area (Å²) in [4.78, 5) is 16.4. The molecule has 1 aromatic heterocycles. The maximum atomic E-state index is 12.2. The van der Waals surface area contributed by atoms with Gasteiger partial charge in [-0.2, -0.15) is 11.8 Å². The minimum absolute atomic E-state index is 0.0981. The molecule has 110 valence electrons. The Balaban J connectivity index is 2.00. The van der Waals surface area contributed by atoms with Crippen molar-refractivity contribution < 1.29 is 9.53 Å². The van der Waals surface area contributed by atoms with Crippen LogP contribution in [0.1, 0.15) is 37.0 Å². The Bertz CT molecular complexity index is 447. The average Bonchev–Trinajstić information content (AvgIpc) is 2.98. The topological polar surface area (TPSA) is 51.2 Å². The second-order valence-electron chi connectivity index (χ2n) is 5.18. The number of hydrogen-bond donors (Lipinski definition) is 1. The third-order valence-corrected chi connectivity index (χ3v) is 4.62. The highest BCUT2D eigenvalue weighted by atomic mass is 32.2. The summed E-state index contributed by atoms with van der Waals surface area (Å²) < 4.78 is 5.87. The molecule has 1 aromatic rings. The Kier molecular flexibility index (Phi) is 5.71. The largest absolute Gasteiger partial charge is 0.473 e. The lowest BCUT2D eigenvalue weighted by Crippen LogP contribution is -2.29. The molecule has 1 N–H and O–H groups in total. The van der Waals surface area contributed by atoms with E-state index in [1.807, 2.05) is 11.8 Å². The van der Waals surface area contributed by atoms with Gasteiger partial charge in [0.2, 0.25) is 5.88 Å². The predicted octanol–water partition coefficient (Wildman–Crippen LogP) is 2.74. The van der Waals surface area contributed by atoms with Crippen molar-refractivity contribution in [3.05, 3.63) is 23.9 Å². The first kappa shape index (κ1) is 15.2. The van der Waals surface area contributed by atoms with Gasteiger partial charge in [0.1, 0.15) is 11.7 Å². The SMILES string of the molecule is CCC(C)CNC(=O)c1cccnc1OC1CCSC1. The van der Waals surface area contributed by atoms with Crippen LogP contribution in [0.3, 0.4) is 0 Å². The second kappa shape index (κ2) is 7.53. The van der Waals surface area contributed by atoms with Crippen molar-refractivity contribution in [3.63, 3.8) is 0 Å². The number of nitrogens with zero attached hydrogens (tertiary/aromatic N) is 1. The molecule has 1 saturated heterocycles. The molecule has 2 rings (SSSR count). The number of amides is 1. The van der Waals surface area contributed by atoms with Gasteiger partial charge in [0.05, 0.1) is 0 Å². The summed E-state index contributed by atoms with van der Waals surface area (Å²) in [6.07, 6.45) is 3.92. The van der Waals surface area contributed by atoms with Crippen LogP contribution in [0, 0.1) is 5.92 Å². The minimum Gasteiger partial charge on any atom is -0.473 e. The van der Waals surface area contributed by atoms with E-state index in [1.165, 1.54) is 0 Å². The standard InChI is InChI=1S/C15H22N2O2S/c1-3-11(2)9-17-14(18)13-5-4-7-16-15(13)19-12-6-8-20-10-12/h4-5,7,11-12H,3,6,8-10H2,1-2H3,(H,17,18). The van der Waals surface area contributed by atoms with Gasteiger partial charge in [-0.3, -0.25) is 4.79 Å². The summed E-state index contributed by atoms with van der Waals surface area (Å²) in [6.45, 7) is 4.92. The Morgan fingerprint density at radius 1 is 1.65 bits per heavy atom. The van der Waals surface area contributed by atoms with Crippen molar-refractivity contribution in [3.8, 4) is 5.88 Å². The fourth-order valence-electron chi connectivity index (χ4n) is 1.93.